The van der Waals surface area contributed by atoms with Crippen LogP contribution in [0.2, 0.25) is 0 Å². The van der Waals surface area contributed by atoms with Gasteiger partial charge in [0.1, 0.15) is 0 Å². The molecule has 0 spiro atoms. The third-order valence-electron chi connectivity index (χ3n) is 6.09. The van der Waals surface area contributed by atoms with Gasteiger partial charge in [0, 0.05) is 0 Å². The predicted octanol–water partition coefficient (Wildman–Crippen LogP) is 6.58. The van der Waals surface area contributed by atoms with Crippen LogP contribution in [0.3, 0.4) is 0 Å². The maximum atomic E-state index is 2.61. The Labute approximate surface area is 145 Å². The first kappa shape index (κ1) is 17.5. The first-order valence-corrected chi connectivity index (χ1v) is 11.7. The predicted molar refractivity (Wildman–Crippen MR) is 105 cm³/mol. The molecular weight excluding hydrogens is 295 g/mol. The van der Waals surface area contributed by atoms with Crippen molar-refractivity contribution < 1.29 is 0 Å². The maximum Gasteiger partial charge on any atom is -0.0166 e. The summed E-state index contributed by atoms with van der Waals surface area (Å²) in [5.74, 6) is 0. The molecule has 0 amide bonds. The van der Waals surface area contributed by atoms with Crippen molar-refractivity contribution in [2.75, 3.05) is 0 Å². The fourth-order valence-corrected chi connectivity index (χ4v) is 8.65. The molecule has 0 aliphatic heterocycles. The Bertz CT molecular complexity index is 440. The minimum atomic E-state index is 0.0641. The van der Waals surface area contributed by atoms with E-state index in [9.17, 15) is 0 Å². The Morgan fingerprint density at radius 1 is 0.696 bits per heavy atom. The van der Waals surface area contributed by atoms with Crippen LogP contribution in [-0.4, -0.2) is 11.3 Å². The first-order chi connectivity index (χ1) is 11.3. The number of benzene rings is 1. The van der Waals surface area contributed by atoms with Crippen molar-refractivity contribution in [3.8, 4) is 0 Å². The highest BCUT2D eigenvalue weighted by Gasteiger charge is 2.32. The zero-order valence-electron chi connectivity index (χ0n) is 15.3. The van der Waals surface area contributed by atoms with Crippen LogP contribution in [0, 0.1) is 0 Å². The van der Waals surface area contributed by atoms with E-state index < -0.39 is 0 Å². The molecule has 2 aliphatic rings. The summed E-state index contributed by atoms with van der Waals surface area (Å²) < 4.78 is 0. The van der Waals surface area contributed by atoms with Crippen molar-refractivity contribution in [1.29, 1.82) is 0 Å². The summed E-state index contributed by atoms with van der Waals surface area (Å²) >= 11 is 0. The van der Waals surface area contributed by atoms with E-state index in [1.807, 2.05) is 0 Å². The van der Waals surface area contributed by atoms with E-state index in [4.69, 9.17) is 0 Å². The highest BCUT2D eigenvalue weighted by molar-refractivity contribution is 7.67. The molecule has 1 aromatic carbocycles. The number of hydrogen-bond acceptors (Lipinski definition) is 0. The van der Waals surface area contributed by atoms with E-state index >= 15 is 0 Å². The molecule has 23 heavy (non-hydrogen) atoms. The molecule has 3 rings (SSSR count). The molecule has 0 bridgehead atoms. The summed E-state index contributed by atoms with van der Waals surface area (Å²) in [5, 5.41) is 1.77. The second-order valence-electron chi connectivity index (χ2n) is 7.71. The summed E-state index contributed by atoms with van der Waals surface area (Å²) in [7, 11) is 0.0641. The third kappa shape index (κ3) is 4.39. The lowest BCUT2D eigenvalue weighted by atomic mass is 9.99. The number of rotatable bonds is 5. The van der Waals surface area contributed by atoms with Crippen molar-refractivity contribution in [2.24, 2.45) is 0 Å². The molecule has 1 heteroatoms. The maximum absolute atomic E-state index is 2.61. The molecule has 128 valence electrons. The lowest BCUT2D eigenvalue weighted by Crippen LogP contribution is -2.26. The minimum absolute atomic E-state index is 0.0641. The lowest BCUT2D eigenvalue weighted by molar-refractivity contribution is 0.487. The Hall–Kier alpha value is -0.350. The Balaban J connectivity index is 1.92. The van der Waals surface area contributed by atoms with Crippen molar-refractivity contribution >= 4 is 13.2 Å². The zero-order chi connectivity index (χ0) is 16.1. The van der Waals surface area contributed by atoms with Crippen molar-refractivity contribution in [1.82, 2.24) is 0 Å². The first-order valence-electron chi connectivity index (χ1n) is 10.2. The van der Waals surface area contributed by atoms with Gasteiger partial charge >= 0.3 is 0 Å². The van der Waals surface area contributed by atoms with Crippen LogP contribution in [0.15, 0.2) is 18.2 Å². The molecule has 1 aromatic rings. The molecule has 0 nitrogen and oxygen atoms in total. The number of aryl methyl sites for hydroxylation is 2. The van der Waals surface area contributed by atoms with Crippen LogP contribution in [0.5, 0.6) is 0 Å². The molecule has 0 unspecified atom stereocenters. The smallest absolute Gasteiger partial charge is 0.0166 e. The van der Waals surface area contributed by atoms with E-state index in [1.165, 1.54) is 77.0 Å². The van der Waals surface area contributed by atoms with E-state index in [1.54, 1.807) is 16.4 Å². The minimum Gasteiger partial charge on any atom is -0.0689 e. The van der Waals surface area contributed by atoms with E-state index in [0.29, 0.717) is 0 Å². The van der Waals surface area contributed by atoms with Crippen molar-refractivity contribution in [3.63, 3.8) is 0 Å². The monoisotopic (exact) mass is 330 g/mol. The van der Waals surface area contributed by atoms with Gasteiger partial charge in [0.25, 0.3) is 0 Å². The quantitative estimate of drug-likeness (QED) is 0.535. The summed E-state index contributed by atoms with van der Waals surface area (Å²) in [6.07, 6.45) is 17.4. The van der Waals surface area contributed by atoms with Crippen LogP contribution in [0.4, 0.5) is 0 Å². The molecule has 2 fully saturated rings. The molecular formula is C22H35P. The summed E-state index contributed by atoms with van der Waals surface area (Å²) in [5.41, 5.74) is 5.22. The van der Waals surface area contributed by atoms with E-state index in [2.05, 4.69) is 32.0 Å². The average Bonchev–Trinajstić information content (AvgIpc) is 2.63. The van der Waals surface area contributed by atoms with Gasteiger partial charge in [-0.3, -0.25) is 0 Å². The fraction of sp³-hybridized carbons (Fsp3) is 0.727. The van der Waals surface area contributed by atoms with Crippen LogP contribution in [0.25, 0.3) is 0 Å². The molecule has 0 aromatic heterocycles. The molecule has 0 heterocycles. The van der Waals surface area contributed by atoms with Crippen LogP contribution in [0.1, 0.15) is 89.2 Å². The summed E-state index contributed by atoms with van der Waals surface area (Å²) in [6.45, 7) is 4.64. The third-order valence-corrected chi connectivity index (χ3v) is 9.55. The standard InChI is InChI=1S/C22H35P/c1-3-18-15-19(4-2)17-22(16-18)23(20-11-7-5-8-12-20)21-13-9-6-10-14-21/h15-17,20-21H,3-14H2,1-2H3. The Morgan fingerprint density at radius 3 is 1.52 bits per heavy atom. The van der Waals surface area contributed by atoms with Crippen LogP contribution >= 0.6 is 7.92 Å². The van der Waals surface area contributed by atoms with Gasteiger partial charge in [0.05, 0.1) is 0 Å². The van der Waals surface area contributed by atoms with Crippen LogP contribution < -0.4 is 5.30 Å². The van der Waals surface area contributed by atoms with Crippen LogP contribution in [-0.2, 0) is 12.8 Å². The van der Waals surface area contributed by atoms with Gasteiger partial charge in [-0.25, -0.2) is 0 Å². The molecule has 2 saturated carbocycles. The van der Waals surface area contributed by atoms with Crippen molar-refractivity contribution in [3.05, 3.63) is 29.3 Å². The normalized spacial score (nSPS) is 21.0. The van der Waals surface area contributed by atoms with Gasteiger partial charge in [-0.1, -0.05) is 78.5 Å². The van der Waals surface area contributed by atoms with E-state index in [-0.39, 0.29) is 7.92 Å². The summed E-state index contributed by atoms with van der Waals surface area (Å²) in [4.78, 5) is 0. The Kier molecular flexibility index (Phi) is 6.58. The second-order valence-corrected chi connectivity index (χ2v) is 10.5. The topological polar surface area (TPSA) is 0 Å². The van der Waals surface area contributed by atoms with Gasteiger partial charge < -0.3 is 0 Å². The highest BCUT2D eigenvalue weighted by Crippen LogP contribution is 2.55. The molecule has 0 N–H and O–H groups in total. The lowest BCUT2D eigenvalue weighted by Gasteiger charge is -2.39. The largest absolute Gasteiger partial charge is 0.0689 e. The van der Waals surface area contributed by atoms with Gasteiger partial charge in [0.15, 0.2) is 0 Å². The zero-order valence-corrected chi connectivity index (χ0v) is 16.2. The highest BCUT2D eigenvalue weighted by atomic mass is 31.1. The molecule has 0 radical (unpaired) electrons. The average molecular weight is 330 g/mol. The van der Waals surface area contributed by atoms with Gasteiger partial charge in [-0.15, -0.1) is 0 Å². The Morgan fingerprint density at radius 2 is 1.13 bits per heavy atom. The molecule has 0 atom stereocenters. The molecule has 2 aliphatic carbocycles. The van der Waals surface area contributed by atoms with E-state index in [0.717, 1.165) is 11.3 Å². The SMILES string of the molecule is CCc1cc(CC)cc(P(C2CCCCC2)C2CCCCC2)c1. The van der Waals surface area contributed by atoms with Gasteiger partial charge in [0.2, 0.25) is 0 Å². The van der Waals surface area contributed by atoms with Gasteiger partial charge in [-0.2, -0.15) is 0 Å². The second kappa shape index (κ2) is 8.66. The van der Waals surface area contributed by atoms with Gasteiger partial charge in [-0.05, 0) is 66.3 Å². The van der Waals surface area contributed by atoms with Crippen molar-refractivity contribution in [2.45, 2.75) is 102 Å². The summed E-state index contributed by atoms with van der Waals surface area (Å²) in [6, 6.07) is 7.67. The number of hydrogen-bond donors (Lipinski definition) is 0. The molecule has 0 saturated heterocycles. The fourth-order valence-electron chi connectivity index (χ4n) is 4.74.